The number of pyridine rings is 1. The Morgan fingerprint density at radius 1 is 1.24 bits per heavy atom. The van der Waals surface area contributed by atoms with E-state index in [-0.39, 0.29) is 11.1 Å². The number of benzene rings is 1. The average molecular weight is 302 g/mol. The molecule has 0 radical (unpaired) electrons. The van der Waals surface area contributed by atoms with Gasteiger partial charge in [-0.1, -0.05) is 23.7 Å². The van der Waals surface area contributed by atoms with E-state index in [0.717, 1.165) is 0 Å². The zero-order valence-corrected chi connectivity index (χ0v) is 11.7. The van der Waals surface area contributed by atoms with E-state index >= 15 is 0 Å². The molecule has 3 rings (SSSR count). The Balaban J connectivity index is 2.15. The van der Waals surface area contributed by atoms with Crippen molar-refractivity contribution < 1.29 is 5.11 Å². The minimum absolute atomic E-state index is 0.207. The van der Waals surface area contributed by atoms with Crippen molar-refractivity contribution in [2.75, 3.05) is 5.32 Å². The van der Waals surface area contributed by atoms with Crippen LogP contribution in [0.2, 0.25) is 5.02 Å². The number of nitrogens with zero attached hydrogens (tertiary/aromatic N) is 2. The molecular formula is C15H12ClN3O2. The number of hydrogen-bond donors (Lipinski definition) is 2. The molecule has 2 N–H and O–H groups in total. The second kappa shape index (κ2) is 5.55. The van der Waals surface area contributed by atoms with Gasteiger partial charge in [0.05, 0.1) is 12.2 Å². The molecule has 0 saturated heterocycles. The SMILES string of the molecule is O=c1c(CO)c(Nc2cccc(Cl)c2)nc2ccccn12. The molecule has 0 aliphatic rings. The maximum absolute atomic E-state index is 12.3. The first-order valence-electron chi connectivity index (χ1n) is 6.33. The number of fused-ring (bicyclic) bond motifs is 1. The Morgan fingerprint density at radius 2 is 2.10 bits per heavy atom. The van der Waals surface area contributed by atoms with Gasteiger partial charge < -0.3 is 10.4 Å². The van der Waals surface area contributed by atoms with Gasteiger partial charge >= 0.3 is 0 Å². The standard InChI is InChI=1S/C15H12ClN3O2/c16-10-4-3-5-11(8-10)17-14-12(9-20)15(21)19-7-2-1-6-13(19)18-14/h1-8,17,20H,9H2. The minimum Gasteiger partial charge on any atom is -0.391 e. The van der Waals surface area contributed by atoms with Crippen LogP contribution < -0.4 is 10.9 Å². The summed E-state index contributed by atoms with van der Waals surface area (Å²) in [6, 6.07) is 12.3. The maximum atomic E-state index is 12.3. The summed E-state index contributed by atoms with van der Waals surface area (Å²) in [6.45, 7) is -0.396. The van der Waals surface area contributed by atoms with E-state index in [0.29, 0.717) is 22.2 Å². The normalized spacial score (nSPS) is 10.8. The third-order valence-electron chi connectivity index (χ3n) is 3.07. The molecule has 106 valence electrons. The predicted molar refractivity (Wildman–Crippen MR) is 82.1 cm³/mol. The number of aliphatic hydroxyl groups excluding tert-OH is 1. The van der Waals surface area contributed by atoms with Crippen LogP contribution in [0.4, 0.5) is 11.5 Å². The van der Waals surface area contributed by atoms with Crippen molar-refractivity contribution in [2.24, 2.45) is 0 Å². The number of hydrogen-bond acceptors (Lipinski definition) is 4. The van der Waals surface area contributed by atoms with Gasteiger partial charge in [-0.3, -0.25) is 9.20 Å². The highest BCUT2D eigenvalue weighted by Gasteiger charge is 2.12. The molecule has 0 amide bonds. The minimum atomic E-state index is -0.396. The van der Waals surface area contributed by atoms with Crippen LogP contribution in [0.3, 0.4) is 0 Å². The number of rotatable bonds is 3. The Morgan fingerprint density at radius 3 is 2.86 bits per heavy atom. The van der Waals surface area contributed by atoms with Gasteiger partial charge in [0.25, 0.3) is 5.56 Å². The van der Waals surface area contributed by atoms with Crippen LogP contribution in [0.5, 0.6) is 0 Å². The lowest BCUT2D eigenvalue weighted by molar-refractivity contribution is 0.280. The lowest BCUT2D eigenvalue weighted by Gasteiger charge is -2.11. The van der Waals surface area contributed by atoms with Crippen molar-refractivity contribution in [3.05, 3.63) is 69.6 Å². The second-order valence-electron chi connectivity index (χ2n) is 4.47. The molecule has 0 bridgehead atoms. The first kappa shape index (κ1) is 13.6. The third-order valence-corrected chi connectivity index (χ3v) is 3.31. The van der Waals surface area contributed by atoms with Gasteiger partial charge in [-0.25, -0.2) is 4.98 Å². The van der Waals surface area contributed by atoms with Crippen LogP contribution in [-0.4, -0.2) is 14.5 Å². The summed E-state index contributed by atoms with van der Waals surface area (Å²) < 4.78 is 1.40. The summed E-state index contributed by atoms with van der Waals surface area (Å²) in [6.07, 6.45) is 1.62. The van der Waals surface area contributed by atoms with E-state index in [4.69, 9.17) is 11.6 Å². The molecule has 3 aromatic rings. The summed E-state index contributed by atoms with van der Waals surface area (Å²) in [5, 5.41) is 13.1. The van der Waals surface area contributed by atoms with Crippen LogP contribution in [0.15, 0.2) is 53.5 Å². The van der Waals surface area contributed by atoms with Crippen molar-refractivity contribution in [1.29, 1.82) is 0 Å². The number of aromatic nitrogens is 2. The summed E-state index contributed by atoms with van der Waals surface area (Å²) >= 11 is 5.94. The molecule has 0 saturated carbocycles. The van der Waals surface area contributed by atoms with Gasteiger partial charge in [-0.05, 0) is 30.3 Å². The van der Waals surface area contributed by atoms with Gasteiger partial charge in [0.2, 0.25) is 0 Å². The Hall–Kier alpha value is -2.37. The maximum Gasteiger partial charge on any atom is 0.265 e. The zero-order chi connectivity index (χ0) is 14.8. The van der Waals surface area contributed by atoms with Crippen LogP contribution >= 0.6 is 11.6 Å². The van der Waals surface area contributed by atoms with Crippen LogP contribution in [0.1, 0.15) is 5.56 Å². The molecule has 5 nitrogen and oxygen atoms in total. The largest absolute Gasteiger partial charge is 0.391 e. The number of anilines is 2. The van der Waals surface area contributed by atoms with E-state index < -0.39 is 6.61 Å². The number of halogens is 1. The van der Waals surface area contributed by atoms with Crippen molar-refractivity contribution in [1.82, 2.24) is 9.38 Å². The van der Waals surface area contributed by atoms with Gasteiger partial charge in [-0.2, -0.15) is 0 Å². The molecule has 2 aromatic heterocycles. The Bertz CT molecular complexity index is 861. The van der Waals surface area contributed by atoms with Gasteiger partial charge in [0.1, 0.15) is 11.5 Å². The number of aliphatic hydroxyl groups is 1. The molecular weight excluding hydrogens is 290 g/mol. The quantitative estimate of drug-likeness (QED) is 0.780. The lowest BCUT2D eigenvalue weighted by atomic mass is 10.2. The van der Waals surface area contributed by atoms with Crippen molar-refractivity contribution in [2.45, 2.75) is 6.61 Å². The van der Waals surface area contributed by atoms with Crippen molar-refractivity contribution in [3.8, 4) is 0 Å². The van der Waals surface area contributed by atoms with Crippen molar-refractivity contribution >= 4 is 28.8 Å². The second-order valence-corrected chi connectivity index (χ2v) is 4.90. The highest BCUT2D eigenvalue weighted by Crippen LogP contribution is 2.20. The van der Waals surface area contributed by atoms with Gasteiger partial charge in [0.15, 0.2) is 0 Å². The molecule has 0 spiro atoms. The fourth-order valence-electron chi connectivity index (χ4n) is 2.07. The molecule has 6 heteroatoms. The topological polar surface area (TPSA) is 66.6 Å². The van der Waals surface area contributed by atoms with E-state index in [1.165, 1.54) is 4.40 Å². The summed E-state index contributed by atoms with van der Waals surface area (Å²) in [5.74, 6) is 0.330. The Kier molecular flexibility index (Phi) is 3.60. The van der Waals surface area contributed by atoms with Gasteiger partial charge in [-0.15, -0.1) is 0 Å². The van der Waals surface area contributed by atoms with Crippen molar-refractivity contribution in [3.63, 3.8) is 0 Å². The molecule has 0 fully saturated rings. The van der Waals surface area contributed by atoms with Crippen LogP contribution in [-0.2, 0) is 6.61 Å². The zero-order valence-electron chi connectivity index (χ0n) is 11.0. The highest BCUT2D eigenvalue weighted by atomic mass is 35.5. The first-order chi connectivity index (χ1) is 10.2. The number of nitrogens with one attached hydrogen (secondary N) is 1. The van der Waals surface area contributed by atoms with Crippen LogP contribution in [0.25, 0.3) is 5.65 Å². The first-order valence-corrected chi connectivity index (χ1v) is 6.70. The van der Waals surface area contributed by atoms with E-state index in [1.807, 2.05) is 6.07 Å². The molecule has 21 heavy (non-hydrogen) atoms. The van der Waals surface area contributed by atoms with Crippen LogP contribution in [0, 0.1) is 0 Å². The fourth-order valence-corrected chi connectivity index (χ4v) is 2.26. The molecule has 0 aliphatic carbocycles. The third kappa shape index (κ3) is 2.61. The van der Waals surface area contributed by atoms with E-state index in [9.17, 15) is 9.90 Å². The molecule has 2 heterocycles. The molecule has 0 aliphatic heterocycles. The van der Waals surface area contributed by atoms with E-state index in [1.54, 1.807) is 42.6 Å². The molecule has 1 aromatic carbocycles. The summed E-state index contributed by atoms with van der Waals surface area (Å²) in [7, 11) is 0. The molecule has 0 atom stereocenters. The Labute approximate surface area is 125 Å². The predicted octanol–water partition coefficient (Wildman–Crippen LogP) is 2.58. The van der Waals surface area contributed by atoms with Gasteiger partial charge in [0, 0.05) is 16.9 Å². The lowest BCUT2D eigenvalue weighted by Crippen LogP contribution is -2.21. The summed E-state index contributed by atoms with van der Waals surface area (Å²) in [4.78, 5) is 16.7. The fraction of sp³-hybridized carbons (Fsp3) is 0.0667. The highest BCUT2D eigenvalue weighted by molar-refractivity contribution is 6.30. The monoisotopic (exact) mass is 301 g/mol. The summed E-state index contributed by atoms with van der Waals surface area (Å²) in [5.41, 5.74) is 1.11. The average Bonchev–Trinajstić information content (AvgIpc) is 2.48. The smallest absolute Gasteiger partial charge is 0.265 e. The van der Waals surface area contributed by atoms with E-state index in [2.05, 4.69) is 10.3 Å². The molecule has 0 unspecified atom stereocenters.